The third-order valence-electron chi connectivity index (χ3n) is 3.36. The maximum absolute atomic E-state index is 12.4. The Morgan fingerprint density at radius 1 is 1.35 bits per heavy atom. The summed E-state index contributed by atoms with van der Waals surface area (Å²) in [4.78, 5) is 17.1. The van der Waals surface area contributed by atoms with Crippen molar-refractivity contribution in [1.29, 1.82) is 0 Å². The summed E-state index contributed by atoms with van der Waals surface area (Å²) in [7, 11) is 0. The van der Waals surface area contributed by atoms with Crippen LogP contribution in [0.4, 0.5) is 5.69 Å². The molecule has 0 saturated heterocycles. The van der Waals surface area contributed by atoms with Crippen LogP contribution in [-0.2, 0) is 6.42 Å². The van der Waals surface area contributed by atoms with Gasteiger partial charge in [0.05, 0.1) is 15.3 Å². The van der Waals surface area contributed by atoms with Gasteiger partial charge < -0.3 is 16.2 Å². The molecule has 2 heterocycles. The van der Waals surface area contributed by atoms with Crippen molar-refractivity contribution in [1.82, 2.24) is 4.98 Å². The average Bonchev–Trinajstić information content (AvgIpc) is 2.97. The summed E-state index contributed by atoms with van der Waals surface area (Å²) in [5.74, 6) is -0.235. The number of fused-ring (bicyclic) bond motifs is 1. The van der Waals surface area contributed by atoms with E-state index in [0.717, 1.165) is 20.1 Å². The van der Waals surface area contributed by atoms with Gasteiger partial charge >= 0.3 is 0 Å². The number of anilines is 1. The highest BCUT2D eigenvalue weighted by Gasteiger charge is 2.14. The molecule has 0 radical (unpaired) electrons. The van der Waals surface area contributed by atoms with Gasteiger partial charge in [-0.05, 0) is 52.7 Å². The summed E-state index contributed by atoms with van der Waals surface area (Å²) < 4.78 is 1.77. The summed E-state index contributed by atoms with van der Waals surface area (Å²) >= 11 is 4.78. The number of phenolic OH excluding ortho intramolecular Hbond substituents is 1. The molecular formula is C16H14BrN3O2S. The highest BCUT2D eigenvalue weighted by molar-refractivity contribution is 9.10. The van der Waals surface area contributed by atoms with Crippen molar-refractivity contribution >= 4 is 48.9 Å². The van der Waals surface area contributed by atoms with Crippen molar-refractivity contribution in [3.8, 4) is 5.75 Å². The van der Waals surface area contributed by atoms with Gasteiger partial charge in [-0.1, -0.05) is 6.07 Å². The first kappa shape index (κ1) is 15.9. The van der Waals surface area contributed by atoms with Crippen LogP contribution in [0.1, 0.15) is 15.2 Å². The smallest absolute Gasteiger partial charge is 0.265 e. The minimum absolute atomic E-state index is 0.0306. The Kier molecular flexibility index (Phi) is 4.61. The second kappa shape index (κ2) is 6.66. The van der Waals surface area contributed by atoms with Crippen LogP contribution in [-0.4, -0.2) is 22.5 Å². The summed E-state index contributed by atoms with van der Waals surface area (Å²) in [6.07, 6.45) is 4.10. The molecule has 3 aromatic rings. The molecule has 5 nitrogen and oxygen atoms in total. The lowest BCUT2D eigenvalue weighted by molar-refractivity contribution is 0.103. The number of carbonyl (C=O) groups is 1. The molecule has 3 rings (SSSR count). The van der Waals surface area contributed by atoms with Gasteiger partial charge in [-0.25, -0.2) is 0 Å². The van der Waals surface area contributed by atoms with Gasteiger partial charge in [-0.15, -0.1) is 11.3 Å². The van der Waals surface area contributed by atoms with E-state index in [-0.39, 0.29) is 11.7 Å². The predicted octanol–water partition coefficient (Wildman–Crippen LogP) is 3.52. The Labute approximate surface area is 145 Å². The molecule has 0 bridgehead atoms. The minimum atomic E-state index is -0.265. The first-order valence-corrected chi connectivity index (χ1v) is 8.56. The molecule has 0 aliphatic carbocycles. The van der Waals surface area contributed by atoms with Crippen molar-refractivity contribution in [3.63, 3.8) is 0 Å². The third-order valence-corrected chi connectivity index (χ3v) is 5.06. The molecule has 118 valence electrons. The highest BCUT2D eigenvalue weighted by Crippen LogP contribution is 2.31. The van der Waals surface area contributed by atoms with Gasteiger partial charge in [0.1, 0.15) is 5.75 Å². The number of nitrogens with zero attached hydrogens (tertiary/aromatic N) is 1. The topological polar surface area (TPSA) is 88.2 Å². The molecule has 1 aromatic carbocycles. The van der Waals surface area contributed by atoms with E-state index in [1.165, 1.54) is 11.3 Å². The number of amides is 1. The quantitative estimate of drug-likeness (QED) is 0.593. The zero-order chi connectivity index (χ0) is 16.4. The molecule has 4 N–H and O–H groups in total. The fourth-order valence-corrected chi connectivity index (χ4v) is 3.76. The van der Waals surface area contributed by atoms with Crippen molar-refractivity contribution < 1.29 is 9.90 Å². The molecule has 0 spiro atoms. The average molecular weight is 392 g/mol. The van der Waals surface area contributed by atoms with Crippen molar-refractivity contribution in [3.05, 3.63) is 51.6 Å². The highest BCUT2D eigenvalue weighted by atomic mass is 79.9. The fourth-order valence-electron chi connectivity index (χ4n) is 2.23. The van der Waals surface area contributed by atoms with Crippen molar-refractivity contribution in [2.75, 3.05) is 11.9 Å². The van der Waals surface area contributed by atoms with E-state index in [1.54, 1.807) is 30.6 Å². The molecule has 0 aliphatic rings. The number of pyridine rings is 1. The maximum atomic E-state index is 12.4. The van der Waals surface area contributed by atoms with Crippen LogP contribution in [0.25, 0.3) is 10.1 Å². The number of benzene rings is 1. The first-order chi connectivity index (χ1) is 11.1. The monoisotopic (exact) mass is 391 g/mol. The first-order valence-electron chi connectivity index (χ1n) is 6.95. The van der Waals surface area contributed by atoms with Gasteiger partial charge in [0, 0.05) is 22.3 Å². The molecule has 0 atom stereocenters. The Morgan fingerprint density at radius 3 is 2.91 bits per heavy atom. The molecule has 0 aliphatic heterocycles. The molecular weight excluding hydrogens is 378 g/mol. The molecule has 1 amide bonds. The number of hydrogen-bond donors (Lipinski definition) is 3. The zero-order valence-corrected chi connectivity index (χ0v) is 14.4. The number of carbonyl (C=O) groups excluding carboxylic acids is 1. The van der Waals surface area contributed by atoms with Crippen LogP contribution < -0.4 is 11.1 Å². The number of nitrogens with two attached hydrogens (primary N) is 1. The van der Waals surface area contributed by atoms with E-state index in [2.05, 4.69) is 26.2 Å². The normalized spacial score (nSPS) is 10.9. The molecule has 0 fully saturated rings. The maximum Gasteiger partial charge on any atom is 0.265 e. The Balaban J connectivity index is 1.88. The Bertz CT molecular complexity index is 879. The molecule has 2 aromatic heterocycles. The molecule has 0 saturated carbocycles. The summed E-state index contributed by atoms with van der Waals surface area (Å²) in [6, 6.07) is 6.90. The number of phenols is 1. The van der Waals surface area contributed by atoms with E-state index < -0.39 is 0 Å². The summed E-state index contributed by atoms with van der Waals surface area (Å²) in [5, 5.41) is 13.6. The number of rotatable bonds is 4. The van der Waals surface area contributed by atoms with Gasteiger partial charge in [-0.3, -0.25) is 9.78 Å². The summed E-state index contributed by atoms with van der Waals surface area (Å²) in [6.45, 7) is 0.509. The van der Waals surface area contributed by atoms with Crippen LogP contribution in [0.3, 0.4) is 0 Å². The SMILES string of the molecule is NCCc1ccc(O)c(NC(=O)c2cc3c(Br)cncc3s2)c1. The van der Waals surface area contributed by atoms with E-state index in [4.69, 9.17) is 5.73 Å². The van der Waals surface area contributed by atoms with Gasteiger partial charge in [0.25, 0.3) is 5.91 Å². The van der Waals surface area contributed by atoms with Crippen molar-refractivity contribution in [2.24, 2.45) is 5.73 Å². The van der Waals surface area contributed by atoms with E-state index >= 15 is 0 Å². The van der Waals surface area contributed by atoms with E-state index in [1.807, 2.05) is 6.07 Å². The second-order valence-corrected chi connectivity index (χ2v) is 6.93. The fraction of sp³-hybridized carbons (Fsp3) is 0.125. The van der Waals surface area contributed by atoms with Crippen LogP contribution in [0.15, 0.2) is 41.1 Å². The van der Waals surface area contributed by atoms with Gasteiger partial charge in [-0.2, -0.15) is 0 Å². The third kappa shape index (κ3) is 3.36. The predicted molar refractivity (Wildman–Crippen MR) is 96.1 cm³/mol. The molecule has 0 unspecified atom stereocenters. The standard InChI is InChI=1S/C16H14BrN3O2S/c17-11-7-19-8-15-10(11)6-14(23-15)16(22)20-12-5-9(3-4-18)1-2-13(12)21/h1-2,5-8,21H,3-4,18H2,(H,20,22). The van der Waals surface area contributed by atoms with Crippen LogP contribution >= 0.6 is 27.3 Å². The number of nitrogens with one attached hydrogen (secondary N) is 1. The van der Waals surface area contributed by atoms with Gasteiger partial charge in [0.15, 0.2) is 0 Å². The number of aromatic nitrogens is 1. The lowest BCUT2D eigenvalue weighted by atomic mass is 10.1. The minimum Gasteiger partial charge on any atom is -0.506 e. The molecule has 23 heavy (non-hydrogen) atoms. The molecule has 7 heteroatoms. The van der Waals surface area contributed by atoms with Crippen LogP contribution in [0.2, 0.25) is 0 Å². The largest absolute Gasteiger partial charge is 0.506 e. The number of aromatic hydroxyl groups is 1. The van der Waals surface area contributed by atoms with Crippen LogP contribution in [0.5, 0.6) is 5.75 Å². The number of thiophene rings is 1. The lowest BCUT2D eigenvalue weighted by Gasteiger charge is -2.08. The van der Waals surface area contributed by atoms with E-state index in [9.17, 15) is 9.90 Å². The number of hydrogen-bond acceptors (Lipinski definition) is 5. The number of halogens is 1. The van der Waals surface area contributed by atoms with E-state index in [0.29, 0.717) is 23.5 Å². The summed E-state index contributed by atoms with van der Waals surface area (Å²) in [5.41, 5.74) is 6.89. The Hall–Kier alpha value is -1.96. The van der Waals surface area contributed by atoms with Crippen LogP contribution in [0, 0.1) is 0 Å². The lowest BCUT2D eigenvalue weighted by Crippen LogP contribution is -2.11. The second-order valence-electron chi connectivity index (χ2n) is 4.99. The van der Waals surface area contributed by atoms with Crippen molar-refractivity contribution in [2.45, 2.75) is 6.42 Å². The zero-order valence-electron chi connectivity index (χ0n) is 12.0. The Morgan fingerprint density at radius 2 is 2.17 bits per heavy atom. The van der Waals surface area contributed by atoms with Gasteiger partial charge in [0.2, 0.25) is 0 Å².